The van der Waals surface area contributed by atoms with Gasteiger partial charge in [-0.1, -0.05) is 23.5 Å². The maximum Gasteiger partial charge on any atom is 0.240 e. The van der Waals surface area contributed by atoms with Gasteiger partial charge in [-0.25, -0.2) is 9.97 Å². The molecule has 1 fully saturated rings. The lowest BCUT2D eigenvalue weighted by molar-refractivity contribution is -0.117. The minimum absolute atomic E-state index is 0.0266. The van der Waals surface area contributed by atoms with Crippen molar-refractivity contribution in [1.82, 2.24) is 30.2 Å². The molecule has 1 saturated heterocycles. The molecule has 0 spiro atoms. The van der Waals surface area contributed by atoms with Gasteiger partial charge in [0, 0.05) is 37.4 Å². The van der Waals surface area contributed by atoms with Gasteiger partial charge in [0.15, 0.2) is 5.13 Å². The summed E-state index contributed by atoms with van der Waals surface area (Å²) < 4.78 is 1.00. The predicted molar refractivity (Wildman–Crippen MR) is 123 cm³/mol. The number of hydrogen-bond donors (Lipinski definition) is 3. The van der Waals surface area contributed by atoms with Crippen molar-refractivity contribution in [3.05, 3.63) is 48.4 Å². The second-order valence-electron chi connectivity index (χ2n) is 7.57. The third-order valence-corrected chi connectivity index (χ3v) is 6.20. The monoisotopic (exact) mass is 433 g/mol. The zero-order valence-electron chi connectivity index (χ0n) is 17.2. The third kappa shape index (κ3) is 4.34. The fraction of sp³-hybridized carbons (Fsp3) is 0.273. The normalized spacial score (nSPS) is 14.7. The minimum Gasteiger partial charge on any atom is -0.343 e. The molecule has 3 aromatic heterocycles. The number of rotatable bonds is 5. The number of carbonyl (C=O) groups is 1. The lowest BCUT2D eigenvalue weighted by Crippen LogP contribution is -2.46. The van der Waals surface area contributed by atoms with Crippen LogP contribution in [-0.2, 0) is 4.79 Å². The Hall–Kier alpha value is -3.14. The standard InChI is InChI=1S/C22H23N7OS/c1-14-3-2-4-17(26-14)21-20(24-13-25-21)15-5-6-16-18(11-15)31-22(27-16)28-19(30)12-29-9-7-23-8-10-29/h2-6,11,13,23H,7-10,12H2,1H3,(H,24,25)(H,27,28,30). The first-order valence-electron chi connectivity index (χ1n) is 10.3. The number of amides is 1. The van der Waals surface area contributed by atoms with Crippen LogP contribution in [0.25, 0.3) is 32.9 Å². The van der Waals surface area contributed by atoms with Crippen LogP contribution in [0.2, 0.25) is 0 Å². The predicted octanol–water partition coefficient (Wildman–Crippen LogP) is 2.90. The first-order valence-corrected chi connectivity index (χ1v) is 11.1. The van der Waals surface area contributed by atoms with Crippen LogP contribution in [0.15, 0.2) is 42.7 Å². The highest BCUT2D eigenvalue weighted by atomic mass is 32.1. The van der Waals surface area contributed by atoms with Crippen LogP contribution < -0.4 is 10.6 Å². The summed E-state index contributed by atoms with van der Waals surface area (Å²) in [6, 6.07) is 12.0. The Morgan fingerprint density at radius 1 is 1.19 bits per heavy atom. The molecule has 4 heterocycles. The van der Waals surface area contributed by atoms with E-state index in [2.05, 4.69) is 41.5 Å². The van der Waals surface area contributed by atoms with Crippen molar-refractivity contribution in [3.8, 4) is 22.6 Å². The van der Waals surface area contributed by atoms with Gasteiger partial charge in [-0.05, 0) is 31.2 Å². The molecule has 0 atom stereocenters. The Morgan fingerprint density at radius 2 is 2.06 bits per heavy atom. The number of carbonyl (C=O) groups excluding carboxylic acids is 1. The molecule has 1 aromatic carbocycles. The molecule has 4 aromatic rings. The summed E-state index contributed by atoms with van der Waals surface area (Å²) >= 11 is 1.48. The SMILES string of the molecule is Cc1cccc(-c2[nH]cnc2-c2ccc3nc(NC(=O)CN4CCNCC4)sc3c2)n1. The van der Waals surface area contributed by atoms with E-state index in [4.69, 9.17) is 0 Å². The van der Waals surface area contributed by atoms with E-state index in [1.54, 1.807) is 6.33 Å². The van der Waals surface area contributed by atoms with Gasteiger partial charge >= 0.3 is 0 Å². The lowest BCUT2D eigenvalue weighted by Gasteiger charge is -2.26. The van der Waals surface area contributed by atoms with Crippen molar-refractivity contribution in [2.24, 2.45) is 0 Å². The molecule has 0 aliphatic carbocycles. The van der Waals surface area contributed by atoms with Gasteiger partial charge in [0.25, 0.3) is 0 Å². The van der Waals surface area contributed by atoms with Gasteiger partial charge in [0.1, 0.15) is 0 Å². The average molecular weight is 434 g/mol. The van der Waals surface area contributed by atoms with Gasteiger partial charge in [0.05, 0.1) is 40.2 Å². The summed E-state index contributed by atoms with van der Waals surface area (Å²) in [6.45, 7) is 5.98. The zero-order valence-corrected chi connectivity index (χ0v) is 18.0. The number of thiazole rings is 1. The smallest absolute Gasteiger partial charge is 0.240 e. The van der Waals surface area contributed by atoms with Crippen molar-refractivity contribution in [1.29, 1.82) is 0 Å². The topological polar surface area (TPSA) is 98.8 Å². The maximum absolute atomic E-state index is 12.4. The van der Waals surface area contributed by atoms with Gasteiger partial charge in [-0.3, -0.25) is 14.7 Å². The number of piperazine rings is 1. The van der Waals surface area contributed by atoms with E-state index in [1.807, 2.05) is 37.3 Å². The maximum atomic E-state index is 12.4. The Balaban J connectivity index is 1.37. The molecule has 3 N–H and O–H groups in total. The molecule has 158 valence electrons. The number of H-pyrrole nitrogens is 1. The first kappa shape index (κ1) is 19.8. The summed E-state index contributed by atoms with van der Waals surface area (Å²) in [5.74, 6) is -0.0266. The van der Waals surface area contributed by atoms with E-state index in [-0.39, 0.29) is 5.91 Å². The Bertz CT molecular complexity index is 1230. The van der Waals surface area contributed by atoms with Crippen molar-refractivity contribution in [2.75, 3.05) is 38.0 Å². The molecule has 5 rings (SSSR count). The number of fused-ring (bicyclic) bond motifs is 1. The Labute approximate surface area is 183 Å². The zero-order chi connectivity index (χ0) is 21.2. The van der Waals surface area contributed by atoms with Crippen molar-refractivity contribution >= 4 is 32.6 Å². The molecule has 0 saturated carbocycles. The molecule has 8 nitrogen and oxygen atoms in total. The quantitative estimate of drug-likeness (QED) is 0.448. The largest absolute Gasteiger partial charge is 0.343 e. The Kier molecular flexibility index (Phi) is 5.46. The molecule has 9 heteroatoms. The number of imidazole rings is 1. The molecule has 31 heavy (non-hydrogen) atoms. The van der Waals surface area contributed by atoms with Crippen LogP contribution in [0.3, 0.4) is 0 Å². The highest BCUT2D eigenvalue weighted by molar-refractivity contribution is 7.22. The van der Waals surface area contributed by atoms with Crippen molar-refractivity contribution in [3.63, 3.8) is 0 Å². The van der Waals surface area contributed by atoms with Crippen LogP contribution in [0.5, 0.6) is 0 Å². The second kappa shape index (κ2) is 8.54. The number of aromatic amines is 1. The van der Waals surface area contributed by atoms with E-state index in [0.717, 1.165) is 64.7 Å². The molecular weight excluding hydrogens is 410 g/mol. The van der Waals surface area contributed by atoms with Crippen LogP contribution in [0, 0.1) is 6.92 Å². The Morgan fingerprint density at radius 3 is 2.90 bits per heavy atom. The van der Waals surface area contributed by atoms with E-state index in [1.165, 1.54) is 11.3 Å². The summed E-state index contributed by atoms with van der Waals surface area (Å²) in [5.41, 5.74) is 5.39. The minimum atomic E-state index is -0.0266. The highest BCUT2D eigenvalue weighted by Crippen LogP contribution is 2.33. The summed E-state index contributed by atoms with van der Waals surface area (Å²) in [6.07, 6.45) is 1.69. The number of hydrogen-bond acceptors (Lipinski definition) is 7. The van der Waals surface area contributed by atoms with Crippen molar-refractivity contribution < 1.29 is 4.79 Å². The second-order valence-corrected chi connectivity index (χ2v) is 8.60. The van der Waals surface area contributed by atoms with Crippen LogP contribution in [0.4, 0.5) is 5.13 Å². The first-order chi connectivity index (χ1) is 15.2. The van der Waals surface area contributed by atoms with Crippen LogP contribution in [0.1, 0.15) is 5.69 Å². The highest BCUT2D eigenvalue weighted by Gasteiger charge is 2.16. The number of anilines is 1. The number of aryl methyl sites for hydroxylation is 1. The number of nitrogens with zero attached hydrogens (tertiary/aromatic N) is 4. The summed E-state index contributed by atoms with van der Waals surface area (Å²) in [7, 11) is 0. The summed E-state index contributed by atoms with van der Waals surface area (Å²) in [4.78, 5) is 31.5. The average Bonchev–Trinajstić information content (AvgIpc) is 3.40. The molecule has 1 amide bonds. The van der Waals surface area contributed by atoms with E-state index in [0.29, 0.717) is 11.7 Å². The molecular formula is C22H23N7OS. The summed E-state index contributed by atoms with van der Waals surface area (Å²) in [5, 5.41) is 6.87. The fourth-order valence-electron chi connectivity index (χ4n) is 3.75. The van der Waals surface area contributed by atoms with E-state index >= 15 is 0 Å². The van der Waals surface area contributed by atoms with E-state index in [9.17, 15) is 4.79 Å². The van der Waals surface area contributed by atoms with Gasteiger partial charge in [0.2, 0.25) is 5.91 Å². The van der Waals surface area contributed by atoms with Gasteiger partial charge < -0.3 is 15.6 Å². The number of nitrogens with one attached hydrogen (secondary N) is 3. The van der Waals surface area contributed by atoms with Crippen LogP contribution >= 0.6 is 11.3 Å². The molecule has 1 aliphatic rings. The molecule has 1 aliphatic heterocycles. The number of benzene rings is 1. The fourth-order valence-corrected chi connectivity index (χ4v) is 4.67. The lowest BCUT2D eigenvalue weighted by atomic mass is 10.1. The van der Waals surface area contributed by atoms with E-state index < -0.39 is 0 Å². The van der Waals surface area contributed by atoms with Gasteiger partial charge in [-0.15, -0.1) is 0 Å². The van der Waals surface area contributed by atoms with Gasteiger partial charge in [-0.2, -0.15) is 0 Å². The molecule has 0 bridgehead atoms. The van der Waals surface area contributed by atoms with Crippen molar-refractivity contribution in [2.45, 2.75) is 6.92 Å². The molecule has 0 unspecified atom stereocenters. The van der Waals surface area contributed by atoms with Crippen LogP contribution in [-0.4, -0.2) is 63.5 Å². The third-order valence-electron chi connectivity index (χ3n) is 5.27. The number of pyridine rings is 1. The number of aromatic nitrogens is 4. The molecule has 0 radical (unpaired) electrons.